The van der Waals surface area contributed by atoms with Crippen molar-refractivity contribution in [2.45, 2.75) is 0 Å². The van der Waals surface area contributed by atoms with Gasteiger partial charge in [0.25, 0.3) is 0 Å². The van der Waals surface area contributed by atoms with E-state index in [1.165, 1.54) is 11.8 Å². The van der Waals surface area contributed by atoms with Gasteiger partial charge in [0, 0.05) is 9.93 Å². The van der Waals surface area contributed by atoms with E-state index >= 15 is 0 Å². The molecule has 0 saturated heterocycles. The molecule has 23 heavy (non-hydrogen) atoms. The minimum atomic E-state index is -0.860. The molecular weight excluding hydrogens is 350 g/mol. The largest absolute Gasteiger partial charge is 0.481 e. The lowest BCUT2D eigenvalue weighted by molar-refractivity contribution is -0.133. The van der Waals surface area contributed by atoms with Crippen LogP contribution in [0.5, 0.6) is 0 Å². The van der Waals surface area contributed by atoms with Crippen molar-refractivity contribution in [2.24, 2.45) is 0 Å². The predicted molar refractivity (Wildman–Crippen MR) is 99.0 cm³/mol. The molecule has 0 unspecified atom stereocenters. The monoisotopic (exact) mass is 361 g/mol. The Kier molecular flexibility index (Phi) is 5.00. The summed E-state index contributed by atoms with van der Waals surface area (Å²) in [5, 5.41) is 10.4. The highest BCUT2D eigenvalue weighted by Crippen LogP contribution is 2.36. The van der Waals surface area contributed by atoms with E-state index < -0.39 is 5.97 Å². The molecule has 0 spiro atoms. The number of carbonyl (C=O) groups is 1. The Bertz CT molecular complexity index is 856. The Morgan fingerprint density at radius 3 is 2.70 bits per heavy atom. The van der Waals surface area contributed by atoms with Crippen LogP contribution in [0.25, 0.3) is 21.2 Å². The van der Waals surface area contributed by atoms with E-state index in [1.807, 2.05) is 54.6 Å². The maximum Gasteiger partial charge on any atom is 0.313 e. The zero-order chi connectivity index (χ0) is 16.2. The fourth-order valence-corrected chi connectivity index (χ4v) is 4.04. The number of halogens is 1. The van der Waals surface area contributed by atoms with E-state index in [2.05, 4.69) is 4.98 Å². The Morgan fingerprint density at radius 2 is 1.96 bits per heavy atom. The molecule has 6 heteroatoms. The third-order valence-corrected chi connectivity index (χ3v) is 5.60. The second-order valence-electron chi connectivity index (χ2n) is 4.70. The van der Waals surface area contributed by atoms with Gasteiger partial charge in [-0.1, -0.05) is 41.9 Å². The molecule has 2 aromatic carbocycles. The minimum absolute atomic E-state index is 0.0216. The van der Waals surface area contributed by atoms with Crippen LogP contribution >= 0.6 is 34.7 Å². The molecule has 0 bridgehead atoms. The summed E-state index contributed by atoms with van der Waals surface area (Å²) >= 11 is 9.01. The minimum Gasteiger partial charge on any atom is -0.481 e. The maximum atomic E-state index is 10.9. The molecule has 0 aliphatic carbocycles. The van der Waals surface area contributed by atoms with Gasteiger partial charge in [0.15, 0.2) is 0 Å². The zero-order valence-corrected chi connectivity index (χ0v) is 14.3. The summed E-state index contributed by atoms with van der Waals surface area (Å²) < 4.78 is 1.07. The Balaban J connectivity index is 2.04. The number of aromatic nitrogens is 1. The first-order valence-electron chi connectivity index (χ1n) is 6.80. The number of nitrogens with zero attached hydrogens (tertiary/aromatic N) is 1. The molecule has 0 fully saturated rings. The van der Waals surface area contributed by atoms with Gasteiger partial charge in [0.1, 0.15) is 5.01 Å². The zero-order valence-electron chi connectivity index (χ0n) is 11.9. The Morgan fingerprint density at radius 1 is 1.22 bits per heavy atom. The highest BCUT2D eigenvalue weighted by molar-refractivity contribution is 8.09. The summed E-state index contributed by atoms with van der Waals surface area (Å²) in [6.45, 7) is 0. The van der Waals surface area contributed by atoms with Crippen molar-refractivity contribution in [2.75, 3.05) is 5.75 Å². The molecule has 0 saturated carbocycles. The average molecular weight is 362 g/mol. The summed E-state index contributed by atoms with van der Waals surface area (Å²) in [6, 6.07) is 15.3. The van der Waals surface area contributed by atoms with E-state index in [9.17, 15) is 4.79 Å². The van der Waals surface area contributed by atoms with Gasteiger partial charge in [-0.15, -0.1) is 23.1 Å². The number of hydrogen-bond acceptors (Lipinski definition) is 4. The lowest BCUT2D eigenvalue weighted by Crippen LogP contribution is -1.98. The van der Waals surface area contributed by atoms with Crippen molar-refractivity contribution in [3.63, 3.8) is 0 Å². The fraction of sp³-hybridized carbons (Fsp3) is 0.0588. The van der Waals surface area contributed by atoms with Crippen LogP contribution in [0.15, 0.2) is 48.5 Å². The summed E-state index contributed by atoms with van der Waals surface area (Å²) in [7, 11) is 0. The number of para-hydroxylation sites is 1. The lowest BCUT2D eigenvalue weighted by atomic mass is 10.2. The van der Waals surface area contributed by atoms with Gasteiger partial charge >= 0.3 is 5.97 Å². The molecule has 116 valence electrons. The molecule has 0 radical (unpaired) electrons. The average Bonchev–Trinajstić information content (AvgIpc) is 2.96. The Hall–Kier alpha value is -1.82. The fourth-order valence-electron chi connectivity index (χ4n) is 2.02. The third kappa shape index (κ3) is 3.93. The molecule has 0 atom stereocenters. The number of hydrogen-bond donors (Lipinski definition) is 1. The van der Waals surface area contributed by atoms with Crippen molar-refractivity contribution in [1.29, 1.82) is 0 Å². The smallest absolute Gasteiger partial charge is 0.313 e. The van der Waals surface area contributed by atoms with Gasteiger partial charge in [0.2, 0.25) is 0 Å². The van der Waals surface area contributed by atoms with E-state index in [1.54, 1.807) is 11.3 Å². The van der Waals surface area contributed by atoms with Crippen LogP contribution in [-0.2, 0) is 4.79 Å². The van der Waals surface area contributed by atoms with Crippen molar-refractivity contribution < 1.29 is 9.90 Å². The van der Waals surface area contributed by atoms with E-state index in [4.69, 9.17) is 16.7 Å². The van der Waals surface area contributed by atoms with Crippen molar-refractivity contribution in [3.05, 3.63) is 64.1 Å². The number of carboxylic acid groups (broad SMARTS) is 1. The number of benzene rings is 2. The number of aliphatic carboxylic acids is 1. The first-order valence-corrected chi connectivity index (χ1v) is 8.98. The molecule has 1 N–H and O–H groups in total. The SMILES string of the molecule is O=C(O)CS/C(=C\c1ccccc1Cl)c1nc2ccccc2s1. The van der Waals surface area contributed by atoms with Crippen LogP contribution in [0.4, 0.5) is 0 Å². The molecule has 3 nitrogen and oxygen atoms in total. The molecule has 0 amide bonds. The summed E-state index contributed by atoms with van der Waals surface area (Å²) in [5.74, 6) is -0.882. The van der Waals surface area contributed by atoms with Crippen LogP contribution in [0.3, 0.4) is 0 Å². The van der Waals surface area contributed by atoms with Crippen LogP contribution in [-0.4, -0.2) is 21.8 Å². The topological polar surface area (TPSA) is 50.2 Å². The molecule has 0 aliphatic heterocycles. The van der Waals surface area contributed by atoms with E-state index in [0.29, 0.717) is 5.02 Å². The van der Waals surface area contributed by atoms with Crippen LogP contribution in [0, 0.1) is 0 Å². The number of rotatable bonds is 5. The van der Waals surface area contributed by atoms with Crippen LogP contribution in [0.2, 0.25) is 5.02 Å². The third-order valence-electron chi connectivity index (χ3n) is 3.05. The van der Waals surface area contributed by atoms with E-state index in [-0.39, 0.29) is 5.75 Å². The van der Waals surface area contributed by atoms with Gasteiger partial charge in [-0.2, -0.15) is 0 Å². The van der Waals surface area contributed by atoms with Gasteiger partial charge in [0.05, 0.1) is 16.0 Å². The van der Waals surface area contributed by atoms with E-state index in [0.717, 1.165) is 25.7 Å². The van der Waals surface area contributed by atoms with Gasteiger partial charge in [-0.25, -0.2) is 4.98 Å². The number of thiazole rings is 1. The molecule has 1 heterocycles. The molecule has 3 aromatic rings. The van der Waals surface area contributed by atoms with Crippen molar-refractivity contribution in [3.8, 4) is 0 Å². The predicted octanol–water partition coefficient (Wildman–Crippen LogP) is 5.27. The first-order chi connectivity index (χ1) is 11.1. The summed E-state index contributed by atoms with van der Waals surface area (Å²) in [5.41, 5.74) is 1.76. The van der Waals surface area contributed by atoms with Crippen LogP contribution in [0.1, 0.15) is 10.6 Å². The highest BCUT2D eigenvalue weighted by Gasteiger charge is 2.12. The first kappa shape index (κ1) is 16.1. The number of carboxylic acids is 1. The van der Waals surface area contributed by atoms with Gasteiger partial charge in [-0.3, -0.25) is 4.79 Å². The van der Waals surface area contributed by atoms with Crippen LogP contribution < -0.4 is 0 Å². The molecule has 3 rings (SSSR count). The lowest BCUT2D eigenvalue weighted by Gasteiger charge is -2.04. The summed E-state index contributed by atoms with van der Waals surface area (Å²) in [4.78, 5) is 16.4. The maximum absolute atomic E-state index is 10.9. The molecule has 0 aliphatic rings. The quantitative estimate of drug-likeness (QED) is 0.672. The molecule has 1 aromatic heterocycles. The summed E-state index contributed by atoms with van der Waals surface area (Å²) in [6.07, 6.45) is 1.90. The Labute approximate surface area is 146 Å². The number of fused-ring (bicyclic) bond motifs is 1. The molecular formula is C17H12ClNO2S2. The van der Waals surface area contributed by atoms with Crippen molar-refractivity contribution >= 4 is 61.9 Å². The normalized spacial score (nSPS) is 11.8. The van der Waals surface area contributed by atoms with Gasteiger partial charge < -0.3 is 5.11 Å². The second-order valence-corrected chi connectivity index (χ2v) is 7.15. The highest BCUT2D eigenvalue weighted by atomic mass is 35.5. The van der Waals surface area contributed by atoms with Gasteiger partial charge in [-0.05, 0) is 29.8 Å². The standard InChI is InChI=1S/C17H12ClNO2S2/c18-12-6-2-1-5-11(12)9-15(22-10-16(20)21)17-19-13-7-3-4-8-14(13)23-17/h1-9H,10H2,(H,20,21)/b15-9-. The second kappa shape index (κ2) is 7.17. The van der Waals surface area contributed by atoms with Crippen molar-refractivity contribution in [1.82, 2.24) is 4.98 Å². The number of thioether (sulfide) groups is 1.